The summed E-state index contributed by atoms with van der Waals surface area (Å²) in [5, 5.41) is 4.76. The fourth-order valence-electron chi connectivity index (χ4n) is 2.54. The van der Waals surface area contributed by atoms with Gasteiger partial charge in [0.15, 0.2) is 5.17 Å². The summed E-state index contributed by atoms with van der Waals surface area (Å²) in [7, 11) is 0. The van der Waals surface area contributed by atoms with Crippen molar-refractivity contribution < 1.29 is 0 Å². The lowest BCUT2D eigenvalue weighted by atomic mass is 10.1. The van der Waals surface area contributed by atoms with Gasteiger partial charge in [0.25, 0.3) is 0 Å². The van der Waals surface area contributed by atoms with E-state index in [2.05, 4.69) is 41.5 Å². The number of fused-ring (bicyclic) bond motifs is 1. The standard InChI is InChI=1S/C14H18N2S/c1-10-6-7-17-14(15-10)16-13-8-11-4-2-3-5-12(11)9-13/h2-5,10,13H,6-9H2,1H3,(H,15,16). The third kappa shape index (κ3) is 2.49. The number of nitrogens with one attached hydrogen (secondary N) is 1. The zero-order valence-electron chi connectivity index (χ0n) is 10.1. The molecule has 3 rings (SSSR count). The van der Waals surface area contributed by atoms with Crippen molar-refractivity contribution in [3.8, 4) is 0 Å². The summed E-state index contributed by atoms with van der Waals surface area (Å²) < 4.78 is 0. The van der Waals surface area contributed by atoms with Gasteiger partial charge in [0, 0.05) is 11.8 Å². The van der Waals surface area contributed by atoms with E-state index in [1.807, 2.05) is 11.8 Å². The van der Waals surface area contributed by atoms with Crippen LogP contribution in [0, 0.1) is 0 Å². The highest BCUT2D eigenvalue weighted by molar-refractivity contribution is 8.13. The Labute approximate surface area is 107 Å². The first-order valence-electron chi connectivity index (χ1n) is 6.35. The van der Waals surface area contributed by atoms with Gasteiger partial charge in [0.1, 0.15) is 0 Å². The molecule has 1 atom stereocenters. The highest BCUT2D eigenvalue weighted by Crippen LogP contribution is 2.23. The molecular formula is C14H18N2S. The molecule has 17 heavy (non-hydrogen) atoms. The van der Waals surface area contributed by atoms with Gasteiger partial charge in [-0.05, 0) is 37.3 Å². The van der Waals surface area contributed by atoms with Crippen LogP contribution in [0.3, 0.4) is 0 Å². The molecule has 0 radical (unpaired) electrons. The number of rotatable bonds is 1. The van der Waals surface area contributed by atoms with Gasteiger partial charge in [-0.2, -0.15) is 0 Å². The molecule has 3 heteroatoms. The first kappa shape index (κ1) is 11.1. The van der Waals surface area contributed by atoms with Crippen LogP contribution in [0.2, 0.25) is 0 Å². The Morgan fingerprint density at radius 1 is 1.24 bits per heavy atom. The minimum Gasteiger partial charge on any atom is -0.362 e. The molecule has 1 heterocycles. The van der Waals surface area contributed by atoms with Crippen molar-refractivity contribution in [3.63, 3.8) is 0 Å². The second-order valence-corrected chi connectivity index (χ2v) is 6.02. The van der Waals surface area contributed by atoms with Gasteiger partial charge in [-0.1, -0.05) is 36.0 Å². The van der Waals surface area contributed by atoms with E-state index in [0.29, 0.717) is 12.1 Å². The Hall–Kier alpha value is -0.960. The summed E-state index contributed by atoms with van der Waals surface area (Å²) >= 11 is 1.87. The third-order valence-corrected chi connectivity index (χ3v) is 4.43. The highest BCUT2D eigenvalue weighted by Gasteiger charge is 2.22. The van der Waals surface area contributed by atoms with Crippen LogP contribution in [-0.2, 0) is 12.8 Å². The molecule has 1 aliphatic heterocycles. The molecule has 0 saturated heterocycles. The monoisotopic (exact) mass is 246 g/mol. The maximum absolute atomic E-state index is 4.68. The molecule has 0 spiro atoms. The lowest BCUT2D eigenvalue weighted by Crippen LogP contribution is -2.35. The van der Waals surface area contributed by atoms with Gasteiger partial charge in [0.2, 0.25) is 0 Å². The van der Waals surface area contributed by atoms with Crippen LogP contribution in [0.15, 0.2) is 29.3 Å². The van der Waals surface area contributed by atoms with Gasteiger partial charge in [-0.3, -0.25) is 4.99 Å². The summed E-state index contributed by atoms with van der Waals surface area (Å²) in [5.41, 5.74) is 3.00. The van der Waals surface area contributed by atoms with Gasteiger partial charge >= 0.3 is 0 Å². The fraction of sp³-hybridized carbons (Fsp3) is 0.500. The molecule has 0 amide bonds. The number of nitrogens with zero attached hydrogens (tertiary/aromatic N) is 1. The van der Waals surface area contributed by atoms with Gasteiger partial charge in [0.05, 0.1) is 6.04 Å². The van der Waals surface area contributed by atoms with E-state index in [4.69, 9.17) is 0 Å². The van der Waals surface area contributed by atoms with E-state index >= 15 is 0 Å². The van der Waals surface area contributed by atoms with E-state index in [9.17, 15) is 0 Å². The first-order valence-corrected chi connectivity index (χ1v) is 7.34. The Balaban J connectivity index is 1.66. The molecular weight excluding hydrogens is 228 g/mol. The molecule has 90 valence electrons. The van der Waals surface area contributed by atoms with Crippen molar-refractivity contribution in [1.29, 1.82) is 0 Å². The molecule has 1 aliphatic carbocycles. The van der Waals surface area contributed by atoms with Crippen molar-refractivity contribution in [2.75, 3.05) is 5.75 Å². The third-order valence-electron chi connectivity index (χ3n) is 3.49. The predicted octanol–water partition coefficient (Wildman–Crippen LogP) is 2.62. The number of hydrogen-bond acceptors (Lipinski definition) is 3. The zero-order chi connectivity index (χ0) is 11.7. The highest BCUT2D eigenvalue weighted by atomic mass is 32.2. The second-order valence-electron chi connectivity index (χ2n) is 4.94. The SMILES string of the molecule is CC1CCSC(NC2Cc3ccccc3C2)=N1. The molecule has 1 unspecified atom stereocenters. The van der Waals surface area contributed by atoms with Crippen LogP contribution < -0.4 is 5.32 Å². The lowest BCUT2D eigenvalue weighted by Gasteiger charge is -2.21. The summed E-state index contributed by atoms with van der Waals surface area (Å²) in [6, 6.07) is 9.79. The topological polar surface area (TPSA) is 24.4 Å². The Bertz CT molecular complexity index is 417. The molecule has 0 saturated carbocycles. The molecule has 0 fully saturated rings. The molecule has 0 aromatic heterocycles. The summed E-state index contributed by atoms with van der Waals surface area (Å²) in [6.07, 6.45) is 3.50. The maximum atomic E-state index is 4.68. The van der Waals surface area contributed by atoms with E-state index in [0.717, 1.165) is 18.0 Å². The average Bonchev–Trinajstić information content (AvgIpc) is 2.71. The van der Waals surface area contributed by atoms with E-state index < -0.39 is 0 Å². The Morgan fingerprint density at radius 3 is 2.59 bits per heavy atom. The van der Waals surface area contributed by atoms with Crippen LogP contribution in [0.25, 0.3) is 0 Å². The Kier molecular flexibility index (Phi) is 3.10. The van der Waals surface area contributed by atoms with E-state index in [1.54, 1.807) is 0 Å². The summed E-state index contributed by atoms with van der Waals surface area (Å²) in [6.45, 7) is 2.20. The summed E-state index contributed by atoms with van der Waals surface area (Å²) in [4.78, 5) is 4.68. The van der Waals surface area contributed by atoms with Crippen LogP contribution in [0.5, 0.6) is 0 Å². The summed E-state index contributed by atoms with van der Waals surface area (Å²) in [5.74, 6) is 1.20. The van der Waals surface area contributed by atoms with Crippen LogP contribution in [0.4, 0.5) is 0 Å². The lowest BCUT2D eigenvalue weighted by molar-refractivity contribution is 0.636. The number of hydrogen-bond donors (Lipinski definition) is 1. The number of thioether (sulfide) groups is 1. The molecule has 1 aromatic carbocycles. The Morgan fingerprint density at radius 2 is 1.94 bits per heavy atom. The maximum Gasteiger partial charge on any atom is 0.157 e. The molecule has 1 aromatic rings. The normalized spacial score (nSPS) is 24.3. The van der Waals surface area contributed by atoms with Crippen molar-refractivity contribution >= 4 is 16.9 Å². The van der Waals surface area contributed by atoms with Gasteiger partial charge < -0.3 is 5.32 Å². The average molecular weight is 246 g/mol. The smallest absolute Gasteiger partial charge is 0.157 e. The minimum absolute atomic E-state index is 0.488. The number of amidine groups is 1. The molecule has 2 aliphatic rings. The van der Waals surface area contributed by atoms with Crippen molar-refractivity contribution in [3.05, 3.63) is 35.4 Å². The predicted molar refractivity (Wildman–Crippen MR) is 74.7 cm³/mol. The fourth-order valence-corrected chi connectivity index (χ4v) is 3.70. The van der Waals surface area contributed by atoms with Crippen molar-refractivity contribution in [2.24, 2.45) is 4.99 Å². The minimum atomic E-state index is 0.488. The van der Waals surface area contributed by atoms with E-state index in [-0.39, 0.29) is 0 Å². The molecule has 1 N–H and O–H groups in total. The quantitative estimate of drug-likeness (QED) is 0.824. The van der Waals surface area contributed by atoms with Crippen molar-refractivity contribution in [2.45, 2.75) is 38.3 Å². The van der Waals surface area contributed by atoms with Crippen LogP contribution in [0.1, 0.15) is 24.5 Å². The largest absolute Gasteiger partial charge is 0.362 e. The molecule has 0 bridgehead atoms. The van der Waals surface area contributed by atoms with Crippen LogP contribution in [-0.4, -0.2) is 23.0 Å². The van der Waals surface area contributed by atoms with Gasteiger partial charge in [-0.25, -0.2) is 0 Å². The second kappa shape index (κ2) is 4.73. The number of benzene rings is 1. The van der Waals surface area contributed by atoms with Crippen molar-refractivity contribution in [1.82, 2.24) is 5.32 Å². The first-order chi connectivity index (χ1) is 8.31. The van der Waals surface area contributed by atoms with E-state index in [1.165, 1.54) is 23.3 Å². The van der Waals surface area contributed by atoms with Gasteiger partial charge in [-0.15, -0.1) is 0 Å². The number of aliphatic imine (C=N–C) groups is 1. The molecule has 2 nitrogen and oxygen atoms in total. The van der Waals surface area contributed by atoms with Crippen LogP contribution >= 0.6 is 11.8 Å². The zero-order valence-corrected chi connectivity index (χ0v) is 11.0.